The van der Waals surface area contributed by atoms with E-state index < -0.39 is 0 Å². The first-order chi connectivity index (χ1) is 8.97. The van der Waals surface area contributed by atoms with Gasteiger partial charge in [0.25, 0.3) is 0 Å². The largest absolute Gasteiger partial charge is 0.380 e. The summed E-state index contributed by atoms with van der Waals surface area (Å²) in [7, 11) is 0. The van der Waals surface area contributed by atoms with Crippen LogP contribution >= 0.6 is 50.7 Å². The summed E-state index contributed by atoms with van der Waals surface area (Å²) >= 11 is 21.1. The van der Waals surface area contributed by atoms with E-state index in [2.05, 4.69) is 21.2 Å². The molecule has 2 aromatic carbocycles. The van der Waals surface area contributed by atoms with Crippen molar-refractivity contribution in [3.05, 3.63) is 61.3 Å². The standard InChI is InChI=1S/C13H8BrCl3FN/c14-8-1-2-12(18)7(3-8)6-19-13-5-10(16)9(15)4-11(13)17/h1-5,19H,6H2. The molecule has 0 heterocycles. The summed E-state index contributed by atoms with van der Waals surface area (Å²) < 4.78 is 14.4. The zero-order valence-corrected chi connectivity index (χ0v) is 13.3. The van der Waals surface area contributed by atoms with Crippen molar-refractivity contribution in [2.24, 2.45) is 0 Å². The third-order valence-corrected chi connectivity index (χ3v) is 4.02. The Hall–Kier alpha value is -0.480. The molecule has 0 spiro atoms. The Morgan fingerprint density at radius 2 is 1.68 bits per heavy atom. The van der Waals surface area contributed by atoms with Gasteiger partial charge in [-0.15, -0.1) is 0 Å². The highest BCUT2D eigenvalue weighted by Gasteiger charge is 2.07. The highest BCUT2D eigenvalue weighted by atomic mass is 79.9. The van der Waals surface area contributed by atoms with E-state index in [9.17, 15) is 4.39 Å². The monoisotopic (exact) mass is 381 g/mol. The SMILES string of the molecule is Fc1ccc(Br)cc1CNc1cc(Cl)c(Cl)cc1Cl. The molecular formula is C13H8BrCl3FN. The zero-order chi connectivity index (χ0) is 14.0. The van der Waals surface area contributed by atoms with Crippen LogP contribution in [0, 0.1) is 5.82 Å². The molecule has 1 nitrogen and oxygen atoms in total. The summed E-state index contributed by atoms with van der Waals surface area (Å²) in [5, 5.41) is 4.24. The van der Waals surface area contributed by atoms with E-state index in [1.54, 1.807) is 24.3 Å². The number of nitrogens with one attached hydrogen (secondary N) is 1. The Morgan fingerprint density at radius 1 is 1.00 bits per heavy atom. The van der Waals surface area contributed by atoms with Gasteiger partial charge in [0.15, 0.2) is 0 Å². The lowest BCUT2D eigenvalue weighted by Gasteiger charge is -2.10. The fourth-order valence-corrected chi connectivity index (χ4v) is 2.55. The minimum Gasteiger partial charge on any atom is -0.380 e. The van der Waals surface area contributed by atoms with Crippen LogP contribution < -0.4 is 5.32 Å². The average Bonchev–Trinajstić information content (AvgIpc) is 2.36. The van der Waals surface area contributed by atoms with Gasteiger partial charge in [-0.25, -0.2) is 4.39 Å². The normalized spacial score (nSPS) is 10.6. The molecule has 1 N–H and O–H groups in total. The number of halogens is 5. The van der Waals surface area contributed by atoms with Gasteiger partial charge in [-0.1, -0.05) is 50.7 Å². The molecular weight excluding hydrogens is 375 g/mol. The second-order valence-electron chi connectivity index (χ2n) is 3.84. The lowest BCUT2D eigenvalue weighted by molar-refractivity contribution is 0.612. The van der Waals surface area contributed by atoms with Gasteiger partial charge in [0, 0.05) is 16.6 Å². The van der Waals surface area contributed by atoms with Crippen molar-refractivity contribution in [1.29, 1.82) is 0 Å². The summed E-state index contributed by atoms with van der Waals surface area (Å²) in [6.45, 7) is 0.295. The van der Waals surface area contributed by atoms with E-state index in [1.807, 2.05) is 0 Å². The van der Waals surface area contributed by atoms with Crippen LogP contribution in [0.3, 0.4) is 0 Å². The van der Waals surface area contributed by atoms with Gasteiger partial charge < -0.3 is 5.32 Å². The average molecular weight is 383 g/mol. The minimum absolute atomic E-state index is 0.285. The molecule has 2 aromatic rings. The van der Waals surface area contributed by atoms with Gasteiger partial charge >= 0.3 is 0 Å². The first kappa shape index (κ1) is 14.9. The fourth-order valence-electron chi connectivity index (χ4n) is 1.53. The smallest absolute Gasteiger partial charge is 0.128 e. The summed E-state index contributed by atoms with van der Waals surface area (Å²) in [4.78, 5) is 0. The lowest BCUT2D eigenvalue weighted by Crippen LogP contribution is -2.02. The number of rotatable bonds is 3. The predicted octanol–water partition coefficient (Wildman–Crippen LogP) is 6.16. The van der Waals surface area contributed by atoms with Crippen LogP contribution in [0.15, 0.2) is 34.8 Å². The van der Waals surface area contributed by atoms with Crippen molar-refractivity contribution >= 4 is 56.4 Å². The van der Waals surface area contributed by atoms with Crippen LogP contribution in [0.5, 0.6) is 0 Å². The molecule has 0 unspecified atom stereocenters. The van der Waals surface area contributed by atoms with Crippen molar-refractivity contribution in [1.82, 2.24) is 0 Å². The summed E-state index contributed by atoms with van der Waals surface area (Å²) in [6, 6.07) is 7.91. The second-order valence-corrected chi connectivity index (χ2v) is 5.97. The third-order valence-electron chi connectivity index (χ3n) is 2.49. The molecule has 0 radical (unpaired) electrons. The number of anilines is 1. The van der Waals surface area contributed by atoms with E-state index in [4.69, 9.17) is 34.8 Å². The van der Waals surface area contributed by atoms with E-state index in [0.29, 0.717) is 32.9 Å². The van der Waals surface area contributed by atoms with Gasteiger partial charge in [0.2, 0.25) is 0 Å². The molecule has 2 rings (SSSR count). The number of hydrogen-bond acceptors (Lipinski definition) is 1. The van der Waals surface area contributed by atoms with Crippen LogP contribution in [0.25, 0.3) is 0 Å². The van der Waals surface area contributed by atoms with E-state index in [0.717, 1.165) is 4.47 Å². The molecule has 19 heavy (non-hydrogen) atoms. The van der Waals surface area contributed by atoms with Gasteiger partial charge in [-0.2, -0.15) is 0 Å². The predicted molar refractivity (Wildman–Crippen MR) is 82.9 cm³/mol. The lowest BCUT2D eigenvalue weighted by atomic mass is 10.2. The van der Waals surface area contributed by atoms with Crippen molar-refractivity contribution in [2.75, 3.05) is 5.32 Å². The maximum Gasteiger partial charge on any atom is 0.128 e. The van der Waals surface area contributed by atoms with Gasteiger partial charge in [-0.05, 0) is 30.3 Å². The van der Waals surface area contributed by atoms with Gasteiger partial charge in [0.05, 0.1) is 20.8 Å². The summed E-state index contributed by atoms with van der Waals surface area (Å²) in [5.74, 6) is -0.285. The first-order valence-electron chi connectivity index (χ1n) is 5.29. The quantitative estimate of drug-likeness (QED) is 0.626. The zero-order valence-electron chi connectivity index (χ0n) is 9.48. The van der Waals surface area contributed by atoms with Crippen molar-refractivity contribution in [3.63, 3.8) is 0 Å². The van der Waals surface area contributed by atoms with Crippen molar-refractivity contribution in [2.45, 2.75) is 6.54 Å². The van der Waals surface area contributed by atoms with Crippen LogP contribution in [0.2, 0.25) is 15.1 Å². The molecule has 0 saturated carbocycles. The van der Waals surface area contributed by atoms with E-state index in [-0.39, 0.29) is 5.82 Å². The number of benzene rings is 2. The van der Waals surface area contributed by atoms with Crippen molar-refractivity contribution in [3.8, 4) is 0 Å². The highest BCUT2D eigenvalue weighted by molar-refractivity contribution is 9.10. The molecule has 0 bridgehead atoms. The molecule has 6 heteroatoms. The van der Waals surface area contributed by atoms with E-state index >= 15 is 0 Å². The second kappa shape index (κ2) is 6.31. The highest BCUT2D eigenvalue weighted by Crippen LogP contribution is 2.32. The molecule has 0 amide bonds. The topological polar surface area (TPSA) is 12.0 Å². The Morgan fingerprint density at radius 3 is 2.42 bits per heavy atom. The molecule has 100 valence electrons. The maximum absolute atomic E-state index is 13.6. The van der Waals surface area contributed by atoms with Crippen LogP contribution in [0.4, 0.5) is 10.1 Å². The molecule has 0 aliphatic heterocycles. The molecule has 0 saturated heterocycles. The fraction of sp³-hybridized carbons (Fsp3) is 0.0769. The first-order valence-corrected chi connectivity index (χ1v) is 7.22. The summed E-state index contributed by atoms with van der Waals surface area (Å²) in [6.07, 6.45) is 0. The van der Waals surface area contributed by atoms with Crippen LogP contribution in [-0.4, -0.2) is 0 Å². The third kappa shape index (κ3) is 3.76. The minimum atomic E-state index is -0.285. The molecule has 0 aromatic heterocycles. The Labute approximate surface area is 133 Å². The Balaban J connectivity index is 2.19. The maximum atomic E-state index is 13.6. The van der Waals surface area contributed by atoms with Crippen molar-refractivity contribution < 1.29 is 4.39 Å². The molecule has 0 aliphatic carbocycles. The molecule has 0 atom stereocenters. The van der Waals surface area contributed by atoms with Crippen LogP contribution in [-0.2, 0) is 6.54 Å². The molecule has 0 aliphatic rings. The molecule has 0 fully saturated rings. The summed E-state index contributed by atoms with van der Waals surface area (Å²) in [5.41, 5.74) is 1.13. The van der Waals surface area contributed by atoms with Gasteiger partial charge in [-0.3, -0.25) is 0 Å². The van der Waals surface area contributed by atoms with E-state index in [1.165, 1.54) is 6.07 Å². The Kier molecular flexibility index (Phi) is 4.96. The van der Waals surface area contributed by atoms with Crippen LogP contribution in [0.1, 0.15) is 5.56 Å². The number of hydrogen-bond donors (Lipinski definition) is 1. The Bertz CT molecular complexity index is 619. The van der Waals surface area contributed by atoms with Gasteiger partial charge in [0.1, 0.15) is 5.82 Å².